The van der Waals surface area contributed by atoms with Gasteiger partial charge >= 0.3 is 0 Å². The summed E-state index contributed by atoms with van der Waals surface area (Å²) < 4.78 is 0. The van der Waals surface area contributed by atoms with E-state index >= 15 is 0 Å². The van der Waals surface area contributed by atoms with Gasteiger partial charge in [0.2, 0.25) is 11.8 Å². The van der Waals surface area contributed by atoms with Crippen molar-refractivity contribution in [1.29, 1.82) is 0 Å². The minimum atomic E-state index is 0.0888. The molecule has 1 heterocycles. The summed E-state index contributed by atoms with van der Waals surface area (Å²) in [5, 5.41) is 8.84. The molecule has 0 aromatic carbocycles. The standard InChI is InChI=1S/C10H19N3O2S2/c14-9-7-16-5-6-17-8-10(15)13-4-2-11-1-3-12-9/h11H,1-8H2,(H,12,14)(H,13,15). The van der Waals surface area contributed by atoms with E-state index in [1.807, 2.05) is 0 Å². The second-order valence-corrected chi connectivity index (χ2v) is 5.77. The first kappa shape index (κ1) is 14.7. The molecule has 98 valence electrons. The molecule has 0 radical (unpaired) electrons. The van der Waals surface area contributed by atoms with E-state index in [9.17, 15) is 9.59 Å². The highest BCUT2D eigenvalue weighted by Gasteiger charge is 2.03. The van der Waals surface area contributed by atoms with Crippen LogP contribution in [0.3, 0.4) is 0 Å². The molecular formula is C10H19N3O2S2. The molecule has 0 bridgehead atoms. The lowest BCUT2D eigenvalue weighted by Crippen LogP contribution is -2.37. The van der Waals surface area contributed by atoms with E-state index < -0.39 is 0 Å². The zero-order chi connectivity index (χ0) is 12.3. The number of hydrogen-bond donors (Lipinski definition) is 3. The Hall–Kier alpha value is -0.400. The summed E-state index contributed by atoms with van der Waals surface area (Å²) in [6.45, 7) is 2.76. The van der Waals surface area contributed by atoms with Crippen LogP contribution >= 0.6 is 23.5 Å². The lowest BCUT2D eigenvalue weighted by Gasteiger charge is -2.06. The summed E-state index contributed by atoms with van der Waals surface area (Å²) >= 11 is 3.22. The first-order chi connectivity index (χ1) is 8.29. The van der Waals surface area contributed by atoms with E-state index in [-0.39, 0.29) is 11.8 Å². The zero-order valence-electron chi connectivity index (χ0n) is 9.79. The first-order valence-electron chi connectivity index (χ1n) is 5.68. The fraction of sp³-hybridized carbons (Fsp3) is 0.800. The van der Waals surface area contributed by atoms with Crippen molar-refractivity contribution < 1.29 is 9.59 Å². The Morgan fingerprint density at radius 2 is 1.24 bits per heavy atom. The van der Waals surface area contributed by atoms with Gasteiger partial charge in [-0.05, 0) is 0 Å². The van der Waals surface area contributed by atoms with Crippen molar-refractivity contribution >= 4 is 35.3 Å². The van der Waals surface area contributed by atoms with E-state index in [2.05, 4.69) is 16.0 Å². The molecule has 0 saturated carbocycles. The molecular weight excluding hydrogens is 258 g/mol. The molecule has 1 saturated heterocycles. The fourth-order valence-electron chi connectivity index (χ4n) is 1.26. The van der Waals surface area contributed by atoms with E-state index in [1.54, 1.807) is 23.5 Å². The summed E-state index contributed by atoms with van der Waals surface area (Å²) in [5.74, 6) is 3.00. The van der Waals surface area contributed by atoms with Crippen LogP contribution < -0.4 is 16.0 Å². The molecule has 0 unspecified atom stereocenters. The van der Waals surface area contributed by atoms with Gasteiger partial charge in [-0.1, -0.05) is 0 Å². The van der Waals surface area contributed by atoms with Gasteiger partial charge in [0.05, 0.1) is 11.5 Å². The highest BCUT2D eigenvalue weighted by molar-refractivity contribution is 8.03. The Labute approximate surface area is 110 Å². The van der Waals surface area contributed by atoms with Gasteiger partial charge < -0.3 is 16.0 Å². The monoisotopic (exact) mass is 277 g/mol. The molecule has 1 fully saturated rings. The number of hydrogen-bond acceptors (Lipinski definition) is 5. The molecule has 1 aliphatic heterocycles. The molecule has 0 aliphatic carbocycles. The second-order valence-electron chi connectivity index (χ2n) is 3.56. The molecule has 0 aromatic heterocycles. The zero-order valence-corrected chi connectivity index (χ0v) is 11.4. The van der Waals surface area contributed by atoms with Gasteiger partial charge in [0.1, 0.15) is 0 Å². The second kappa shape index (κ2) is 9.61. The van der Waals surface area contributed by atoms with Gasteiger partial charge in [-0.2, -0.15) is 23.5 Å². The van der Waals surface area contributed by atoms with Gasteiger partial charge in [-0.15, -0.1) is 0 Å². The van der Waals surface area contributed by atoms with Crippen LogP contribution in [-0.4, -0.2) is 61.0 Å². The number of thioether (sulfide) groups is 2. The van der Waals surface area contributed by atoms with E-state index in [0.29, 0.717) is 24.6 Å². The van der Waals surface area contributed by atoms with Crippen molar-refractivity contribution in [3.05, 3.63) is 0 Å². The summed E-state index contributed by atoms with van der Waals surface area (Å²) in [6.07, 6.45) is 0. The Morgan fingerprint density at radius 3 is 1.71 bits per heavy atom. The minimum Gasteiger partial charge on any atom is -0.354 e. The molecule has 3 N–H and O–H groups in total. The van der Waals surface area contributed by atoms with Crippen molar-refractivity contribution in [1.82, 2.24) is 16.0 Å². The number of amides is 2. The van der Waals surface area contributed by atoms with Crippen molar-refractivity contribution in [2.24, 2.45) is 0 Å². The Bertz CT molecular complexity index is 228. The predicted octanol–water partition coefficient (Wildman–Crippen LogP) is -0.712. The molecule has 2 amide bonds. The third kappa shape index (κ3) is 8.34. The number of carbonyl (C=O) groups excluding carboxylic acids is 2. The van der Waals surface area contributed by atoms with Crippen LogP contribution in [0, 0.1) is 0 Å². The van der Waals surface area contributed by atoms with E-state index in [1.165, 1.54) is 0 Å². The molecule has 0 aromatic rings. The van der Waals surface area contributed by atoms with Crippen molar-refractivity contribution in [3.63, 3.8) is 0 Å². The minimum absolute atomic E-state index is 0.0888. The van der Waals surface area contributed by atoms with E-state index in [0.717, 1.165) is 24.6 Å². The van der Waals surface area contributed by atoms with E-state index in [4.69, 9.17) is 0 Å². The Morgan fingerprint density at radius 1 is 0.765 bits per heavy atom. The number of rotatable bonds is 0. The molecule has 1 rings (SSSR count). The summed E-state index contributed by atoms with van der Waals surface area (Å²) in [7, 11) is 0. The average molecular weight is 277 g/mol. The normalized spacial score (nSPS) is 21.9. The number of carbonyl (C=O) groups is 2. The maximum absolute atomic E-state index is 11.3. The highest BCUT2D eigenvalue weighted by Crippen LogP contribution is 2.06. The molecule has 7 heteroatoms. The van der Waals surface area contributed by atoms with Gasteiger partial charge in [0, 0.05) is 37.7 Å². The van der Waals surface area contributed by atoms with Crippen LogP contribution in [0.4, 0.5) is 0 Å². The predicted molar refractivity (Wildman–Crippen MR) is 73.5 cm³/mol. The summed E-state index contributed by atoms with van der Waals surface area (Å²) in [6, 6.07) is 0. The number of nitrogens with one attached hydrogen (secondary N) is 3. The van der Waals surface area contributed by atoms with Gasteiger partial charge in [-0.25, -0.2) is 0 Å². The molecule has 0 spiro atoms. The smallest absolute Gasteiger partial charge is 0.230 e. The molecule has 1 aliphatic rings. The van der Waals surface area contributed by atoms with Gasteiger partial charge in [-0.3, -0.25) is 9.59 Å². The van der Waals surface area contributed by atoms with Gasteiger partial charge in [0.25, 0.3) is 0 Å². The summed E-state index contributed by atoms with van der Waals surface area (Å²) in [5.41, 5.74) is 0. The van der Waals surface area contributed by atoms with Crippen LogP contribution in [-0.2, 0) is 9.59 Å². The lowest BCUT2D eigenvalue weighted by molar-refractivity contribution is -0.119. The van der Waals surface area contributed by atoms with Crippen molar-refractivity contribution in [3.8, 4) is 0 Å². The lowest BCUT2D eigenvalue weighted by atomic mass is 10.5. The van der Waals surface area contributed by atoms with Crippen molar-refractivity contribution in [2.75, 3.05) is 49.2 Å². The van der Waals surface area contributed by atoms with Gasteiger partial charge in [0.15, 0.2) is 0 Å². The molecule has 0 atom stereocenters. The SMILES string of the molecule is O=C1CSCCSCC(=O)NCCNCCN1. The molecule has 17 heavy (non-hydrogen) atoms. The third-order valence-electron chi connectivity index (χ3n) is 2.09. The van der Waals surface area contributed by atoms with Crippen LogP contribution in [0.2, 0.25) is 0 Å². The largest absolute Gasteiger partial charge is 0.354 e. The Kier molecular flexibility index (Phi) is 8.29. The van der Waals surface area contributed by atoms with Crippen LogP contribution in [0.1, 0.15) is 0 Å². The third-order valence-corrected chi connectivity index (χ3v) is 4.26. The van der Waals surface area contributed by atoms with Crippen LogP contribution in [0.25, 0.3) is 0 Å². The van der Waals surface area contributed by atoms with Crippen LogP contribution in [0.15, 0.2) is 0 Å². The maximum Gasteiger partial charge on any atom is 0.230 e. The van der Waals surface area contributed by atoms with Crippen molar-refractivity contribution in [2.45, 2.75) is 0 Å². The highest BCUT2D eigenvalue weighted by atomic mass is 32.2. The summed E-state index contributed by atoms with van der Waals surface area (Å²) in [4.78, 5) is 22.7. The fourth-order valence-corrected chi connectivity index (χ4v) is 3.06. The maximum atomic E-state index is 11.3. The first-order valence-corrected chi connectivity index (χ1v) is 7.99. The quantitative estimate of drug-likeness (QED) is 0.546. The topological polar surface area (TPSA) is 70.2 Å². The molecule has 5 nitrogen and oxygen atoms in total. The van der Waals surface area contributed by atoms with Crippen LogP contribution in [0.5, 0.6) is 0 Å². The Balaban J connectivity index is 2.23. The average Bonchev–Trinajstić information content (AvgIpc) is 2.32.